The lowest BCUT2D eigenvalue weighted by atomic mass is 10.1. The van der Waals surface area contributed by atoms with E-state index in [1.165, 1.54) is 41.7 Å². The maximum atomic E-state index is 12.0. The molecule has 2 aromatic rings. The molecule has 0 amide bonds. The molecule has 6 heteroatoms. The maximum Gasteiger partial charge on any atom is 0.387 e. The molecule has 1 aromatic heterocycles. The first kappa shape index (κ1) is 14.2. The summed E-state index contributed by atoms with van der Waals surface area (Å²) < 4.78 is 28.3. The first-order valence-corrected chi connectivity index (χ1v) is 6.48. The Balaban J connectivity index is 2.26. The minimum absolute atomic E-state index is 0.0325. The summed E-state index contributed by atoms with van der Waals surface area (Å²) in [6.07, 6.45) is 1.49. The van der Waals surface area contributed by atoms with Crippen LogP contribution in [0.3, 0.4) is 0 Å². The number of carboxylic acid groups (broad SMARTS) is 1. The molecule has 0 spiro atoms. The number of alkyl halides is 2. The van der Waals surface area contributed by atoms with Gasteiger partial charge in [-0.2, -0.15) is 8.78 Å². The van der Waals surface area contributed by atoms with Crippen LogP contribution < -0.4 is 4.74 Å². The second kappa shape index (κ2) is 6.29. The van der Waals surface area contributed by atoms with Crippen molar-refractivity contribution in [2.24, 2.45) is 0 Å². The highest BCUT2D eigenvalue weighted by atomic mass is 32.1. The second-order valence-electron chi connectivity index (χ2n) is 3.79. The van der Waals surface area contributed by atoms with E-state index in [0.29, 0.717) is 10.4 Å². The summed E-state index contributed by atoms with van der Waals surface area (Å²) in [4.78, 5) is 11.9. The molecule has 0 radical (unpaired) electrons. The van der Waals surface area contributed by atoms with Gasteiger partial charge in [-0.05, 0) is 35.2 Å². The second-order valence-corrected chi connectivity index (χ2v) is 4.74. The summed E-state index contributed by atoms with van der Waals surface area (Å²) >= 11 is 1.32. The van der Waals surface area contributed by atoms with Crippen molar-refractivity contribution < 1.29 is 23.4 Å². The number of halogens is 2. The Bertz CT molecular complexity index is 604. The van der Waals surface area contributed by atoms with Gasteiger partial charge in [0.2, 0.25) is 0 Å². The summed E-state index contributed by atoms with van der Waals surface area (Å²) in [5.41, 5.74) is 0.750. The zero-order chi connectivity index (χ0) is 14.5. The minimum atomic E-state index is -2.88. The lowest BCUT2D eigenvalue weighted by molar-refractivity contribution is -0.130. The molecule has 20 heavy (non-hydrogen) atoms. The average molecular weight is 296 g/mol. The Labute approximate surface area is 117 Å². The van der Waals surface area contributed by atoms with Crippen molar-refractivity contribution in [1.82, 2.24) is 0 Å². The van der Waals surface area contributed by atoms with Crippen LogP contribution in [0.1, 0.15) is 10.4 Å². The molecule has 0 saturated carbocycles. The average Bonchev–Trinajstić information content (AvgIpc) is 2.90. The number of aliphatic carboxylic acids is 1. The zero-order valence-electron chi connectivity index (χ0n) is 10.1. The number of ether oxygens (including phenoxy) is 1. The van der Waals surface area contributed by atoms with Crippen LogP contribution in [0.5, 0.6) is 5.75 Å². The van der Waals surface area contributed by atoms with E-state index in [4.69, 9.17) is 0 Å². The largest absolute Gasteiger partial charge is 0.478 e. The maximum absolute atomic E-state index is 12.0. The van der Waals surface area contributed by atoms with Crippen molar-refractivity contribution in [2.45, 2.75) is 6.61 Å². The molecule has 2 rings (SSSR count). The lowest BCUT2D eigenvalue weighted by Crippen LogP contribution is -2.01. The molecule has 0 fully saturated rings. The monoisotopic (exact) mass is 296 g/mol. The third-order valence-electron chi connectivity index (χ3n) is 2.43. The Morgan fingerprint density at radius 1 is 1.25 bits per heavy atom. The molecule has 0 aliphatic heterocycles. The van der Waals surface area contributed by atoms with Gasteiger partial charge in [0.1, 0.15) is 5.75 Å². The van der Waals surface area contributed by atoms with E-state index in [-0.39, 0.29) is 11.3 Å². The van der Waals surface area contributed by atoms with Crippen LogP contribution in [0.2, 0.25) is 0 Å². The van der Waals surface area contributed by atoms with Crippen molar-refractivity contribution in [3.8, 4) is 5.75 Å². The molecular formula is C14H10F2O3S. The van der Waals surface area contributed by atoms with Crippen molar-refractivity contribution in [1.29, 1.82) is 0 Å². The van der Waals surface area contributed by atoms with Gasteiger partial charge in [-0.15, -0.1) is 11.3 Å². The SMILES string of the molecule is O=C(O)/C(=C\c1ccc(OC(F)F)cc1)c1cccs1. The summed E-state index contributed by atoms with van der Waals surface area (Å²) in [7, 11) is 0. The summed E-state index contributed by atoms with van der Waals surface area (Å²) in [6.45, 7) is -2.88. The number of carboxylic acids is 1. The van der Waals surface area contributed by atoms with Gasteiger partial charge in [0, 0.05) is 4.88 Å². The van der Waals surface area contributed by atoms with E-state index in [9.17, 15) is 18.7 Å². The molecule has 3 nitrogen and oxygen atoms in total. The van der Waals surface area contributed by atoms with Gasteiger partial charge in [-0.3, -0.25) is 0 Å². The fraction of sp³-hybridized carbons (Fsp3) is 0.0714. The van der Waals surface area contributed by atoms with Crippen LogP contribution in [0.4, 0.5) is 8.78 Å². The molecule has 0 saturated heterocycles. The molecule has 0 aliphatic carbocycles. The summed E-state index contributed by atoms with van der Waals surface area (Å²) in [5.74, 6) is -1.01. The molecule has 1 N–H and O–H groups in total. The van der Waals surface area contributed by atoms with Crippen LogP contribution in [0.15, 0.2) is 41.8 Å². The Morgan fingerprint density at radius 2 is 1.95 bits per heavy atom. The number of hydrogen-bond donors (Lipinski definition) is 1. The molecule has 0 bridgehead atoms. The van der Waals surface area contributed by atoms with E-state index < -0.39 is 12.6 Å². The standard InChI is InChI=1S/C14H10F2O3S/c15-14(16)19-10-5-3-9(4-6-10)8-11(13(17)18)12-2-1-7-20-12/h1-8,14H,(H,17,18)/b11-8-. The highest BCUT2D eigenvalue weighted by Crippen LogP contribution is 2.24. The molecule has 104 valence electrons. The van der Waals surface area contributed by atoms with Crippen LogP contribution in [-0.4, -0.2) is 17.7 Å². The minimum Gasteiger partial charge on any atom is -0.478 e. The zero-order valence-corrected chi connectivity index (χ0v) is 10.9. The lowest BCUT2D eigenvalue weighted by Gasteiger charge is -2.04. The first-order valence-electron chi connectivity index (χ1n) is 5.60. The Kier molecular flexibility index (Phi) is 4.47. The van der Waals surface area contributed by atoms with Crippen molar-refractivity contribution in [2.75, 3.05) is 0 Å². The van der Waals surface area contributed by atoms with Crippen molar-refractivity contribution >= 4 is 29.0 Å². The van der Waals surface area contributed by atoms with Gasteiger partial charge in [-0.25, -0.2) is 4.79 Å². The fourth-order valence-electron chi connectivity index (χ4n) is 1.58. The number of benzene rings is 1. The van der Waals surface area contributed by atoms with Crippen LogP contribution in [0.25, 0.3) is 11.6 Å². The fourth-order valence-corrected chi connectivity index (χ4v) is 2.32. The third kappa shape index (κ3) is 3.64. The topological polar surface area (TPSA) is 46.5 Å². The molecule has 1 aromatic carbocycles. The van der Waals surface area contributed by atoms with E-state index in [2.05, 4.69) is 4.74 Å². The van der Waals surface area contributed by atoms with E-state index in [1.807, 2.05) is 0 Å². The van der Waals surface area contributed by atoms with Gasteiger partial charge >= 0.3 is 12.6 Å². The number of thiophene rings is 1. The van der Waals surface area contributed by atoms with E-state index in [0.717, 1.165) is 0 Å². The molecule has 0 atom stereocenters. The Morgan fingerprint density at radius 3 is 2.45 bits per heavy atom. The van der Waals surface area contributed by atoms with Crippen molar-refractivity contribution in [3.05, 3.63) is 52.2 Å². The van der Waals surface area contributed by atoms with Crippen LogP contribution in [0, 0.1) is 0 Å². The van der Waals surface area contributed by atoms with Crippen LogP contribution in [-0.2, 0) is 4.79 Å². The molecular weight excluding hydrogens is 286 g/mol. The summed E-state index contributed by atoms with van der Waals surface area (Å²) in [5, 5.41) is 11.0. The number of rotatable bonds is 5. The van der Waals surface area contributed by atoms with Crippen LogP contribution >= 0.6 is 11.3 Å². The van der Waals surface area contributed by atoms with Gasteiger partial charge in [-0.1, -0.05) is 18.2 Å². The first-order chi connectivity index (χ1) is 9.56. The summed E-state index contributed by atoms with van der Waals surface area (Å²) in [6, 6.07) is 9.25. The van der Waals surface area contributed by atoms with Gasteiger partial charge in [0.05, 0.1) is 5.57 Å². The van der Waals surface area contributed by atoms with Crippen molar-refractivity contribution in [3.63, 3.8) is 0 Å². The third-order valence-corrected chi connectivity index (χ3v) is 3.34. The quantitative estimate of drug-likeness (QED) is 0.849. The predicted octanol–water partition coefficient (Wildman–Crippen LogP) is 3.97. The highest BCUT2D eigenvalue weighted by Gasteiger charge is 2.11. The van der Waals surface area contributed by atoms with E-state index >= 15 is 0 Å². The predicted molar refractivity (Wildman–Crippen MR) is 72.9 cm³/mol. The molecule has 1 heterocycles. The molecule has 0 aliphatic rings. The van der Waals surface area contributed by atoms with Gasteiger partial charge in [0.15, 0.2) is 0 Å². The smallest absolute Gasteiger partial charge is 0.387 e. The Hall–Kier alpha value is -2.21. The number of hydrogen-bond acceptors (Lipinski definition) is 3. The van der Waals surface area contributed by atoms with Gasteiger partial charge < -0.3 is 9.84 Å². The highest BCUT2D eigenvalue weighted by molar-refractivity contribution is 7.11. The van der Waals surface area contributed by atoms with E-state index in [1.54, 1.807) is 17.5 Å². The number of carbonyl (C=O) groups is 1. The normalized spacial score (nSPS) is 11.7. The van der Waals surface area contributed by atoms with Gasteiger partial charge in [0.25, 0.3) is 0 Å². The molecule has 0 unspecified atom stereocenters.